The molecule has 0 spiro atoms. The average molecular weight is 698 g/mol. The number of carbonyl (C=O) groups excluding carboxylic acids is 1. The van der Waals surface area contributed by atoms with Gasteiger partial charge in [0, 0.05) is 0 Å². The summed E-state index contributed by atoms with van der Waals surface area (Å²) in [4.78, 5) is 20.6. The molecule has 0 N–H and O–H groups in total. The second-order valence-electron chi connectivity index (χ2n) is 8.74. The Morgan fingerprint density at radius 2 is 1.38 bits per heavy atom. The van der Waals surface area contributed by atoms with E-state index in [1.165, 1.54) is 23.9 Å². The van der Waals surface area contributed by atoms with Crippen LogP contribution in [0.1, 0.15) is 16.7 Å². The van der Waals surface area contributed by atoms with Crippen LogP contribution in [0.4, 0.5) is 0 Å². The smallest absolute Gasteiger partial charge is 0.339 e. The minimum absolute atomic E-state index is 0.0498. The maximum absolute atomic E-state index is 13.5. The van der Waals surface area contributed by atoms with Crippen LogP contribution in [0.2, 0.25) is 0 Å². The first kappa shape index (κ1) is 28.4. The predicted octanol–water partition coefficient (Wildman–Crippen LogP) is 7.65. The summed E-state index contributed by atoms with van der Waals surface area (Å²) in [5.41, 5.74) is 2.73. The lowest BCUT2D eigenvalue weighted by atomic mass is 10.2. The number of rotatable bonds is 8. The van der Waals surface area contributed by atoms with E-state index in [1.807, 2.05) is 60.7 Å². The van der Waals surface area contributed by atoms with Gasteiger partial charge in [0.15, 0.2) is 10.9 Å². The maximum atomic E-state index is 13.5. The minimum atomic E-state index is -4.03. The zero-order chi connectivity index (χ0) is 28.1. The molecule has 40 heavy (non-hydrogen) atoms. The fraction of sp³-hybridized carbons (Fsp3) is 0.0667. The van der Waals surface area contributed by atoms with E-state index in [1.54, 1.807) is 41.3 Å². The maximum Gasteiger partial charge on any atom is 0.339 e. The zero-order valence-corrected chi connectivity index (χ0v) is 25.7. The van der Waals surface area contributed by atoms with Crippen molar-refractivity contribution in [1.29, 1.82) is 0 Å². The third-order valence-corrected chi connectivity index (χ3v) is 9.31. The van der Waals surface area contributed by atoms with Crippen LogP contribution in [0, 0.1) is 0 Å². The monoisotopic (exact) mass is 696 g/mol. The van der Waals surface area contributed by atoms with Crippen molar-refractivity contribution in [3.05, 3.63) is 134 Å². The lowest BCUT2D eigenvalue weighted by Gasteiger charge is -2.15. The molecule has 0 radical (unpaired) electrons. The van der Waals surface area contributed by atoms with Crippen molar-refractivity contribution in [2.24, 2.45) is 4.99 Å². The molecular weight excluding hydrogens is 676 g/mol. The van der Waals surface area contributed by atoms with Crippen LogP contribution in [0.5, 0.6) is 5.75 Å². The highest BCUT2D eigenvalue weighted by Crippen LogP contribution is 2.39. The van der Waals surface area contributed by atoms with Crippen LogP contribution in [0.15, 0.2) is 127 Å². The van der Waals surface area contributed by atoms with Crippen LogP contribution >= 0.6 is 43.6 Å². The second kappa shape index (κ2) is 12.6. The van der Waals surface area contributed by atoms with E-state index < -0.39 is 10.1 Å². The molecule has 10 heteroatoms. The first-order valence-electron chi connectivity index (χ1n) is 12.1. The SMILES string of the molecule is O=C1/C(=C\c2cc(Br)c(OS(=O)(=O)c3ccccc3)c(Br)c2)SC(=NCc2ccccc2)N1Cc1ccccc1. The van der Waals surface area contributed by atoms with Gasteiger partial charge in [-0.2, -0.15) is 8.42 Å². The van der Waals surface area contributed by atoms with Crippen molar-refractivity contribution in [2.75, 3.05) is 0 Å². The first-order chi connectivity index (χ1) is 19.3. The Morgan fingerprint density at radius 3 is 1.98 bits per heavy atom. The largest absolute Gasteiger partial charge is 0.377 e. The quantitative estimate of drug-likeness (QED) is 0.140. The lowest BCUT2D eigenvalue weighted by molar-refractivity contribution is -0.122. The van der Waals surface area contributed by atoms with E-state index in [9.17, 15) is 13.2 Å². The highest BCUT2D eigenvalue weighted by atomic mass is 79.9. The van der Waals surface area contributed by atoms with Gasteiger partial charge in [-0.15, -0.1) is 0 Å². The molecule has 1 aliphatic heterocycles. The van der Waals surface area contributed by atoms with Gasteiger partial charge in [-0.3, -0.25) is 14.7 Å². The van der Waals surface area contributed by atoms with Crippen molar-refractivity contribution in [3.63, 3.8) is 0 Å². The summed E-state index contributed by atoms with van der Waals surface area (Å²) in [7, 11) is -4.03. The molecule has 1 saturated heterocycles. The zero-order valence-electron chi connectivity index (χ0n) is 20.9. The third-order valence-electron chi connectivity index (χ3n) is 5.85. The van der Waals surface area contributed by atoms with E-state index in [2.05, 4.69) is 31.9 Å². The van der Waals surface area contributed by atoms with Crippen molar-refractivity contribution < 1.29 is 17.4 Å². The van der Waals surface area contributed by atoms with E-state index in [0.717, 1.165) is 11.1 Å². The number of hydrogen-bond acceptors (Lipinski definition) is 6. The standard InChI is InChI=1S/C30H22Br2N2O4S2/c31-25-16-23(17-26(32)28(25)38-40(36,37)24-14-8-3-9-15-24)18-27-29(35)34(20-22-12-6-2-7-13-22)30(39-27)33-19-21-10-4-1-5-11-21/h1-18H,19-20H2/b27-18+,33-30?. The predicted molar refractivity (Wildman–Crippen MR) is 166 cm³/mol. The molecule has 0 bridgehead atoms. The Kier molecular flexibility index (Phi) is 8.90. The Bertz CT molecular complexity index is 1670. The molecule has 1 heterocycles. The van der Waals surface area contributed by atoms with Crippen LogP contribution in [0.25, 0.3) is 6.08 Å². The van der Waals surface area contributed by atoms with Crippen LogP contribution in [-0.4, -0.2) is 24.4 Å². The number of amidine groups is 1. The summed E-state index contributed by atoms with van der Waals surface area (Å²) < 4.78 is 31.8. The summed E-state index contributed by atoms with van der Waals surface area (Å²) in [6.07, 6.45) is 1.76. The fourth-order valence-electron chi connectivity index (χ4n) is 3.91. The van der Waals surface area contributed by atoms with Gasteiger partial charge < -0.3 is 4.18 Å². The van der Waals surface area contributed by atoms with Gasteiger partial charge in [0.25, 0.3) is 5.91 Å². The van der Waals surface area contributed by atoms with E-state index in [4.69, 9.17) is 9.18 Å². The van der Waals surface area contributed by atoms with Gasteiger partial charge >= 0.3 is 10.1 Å². The average Bonchev–Trinajstić information content (AvgIpc) is 3.24. The van der Waals surface area contributed by atoms with Gasteiger partial charge in [-0.05, 0) is 90.7 Å². The van der Waals surface area contributed by atoms with E-state index >= 15 is 0 Å². The fourth-order valence-corrected chi connectivity index (χ4v) is 7.47. The molecule has 4 aromatic rings. The molecule has 0 unspecified atom stereocenters. The summed E-state index contributed by atoms with van der Waals surface area (Å²) in [6, 6.07) is 31.0. The third kappa shape index (κ3) is 6.75. The normalized spacial score (nSPS) is 15.7. The number of halogens is 2. The minimum Gasteiger partial charge on any atom is -0.377 e. The van der Waals surface area contributed by atoms with Crippen molar-refractivity contribution in [3.8, 4) is 5.75 Å². The molecule has 5 rings (SSSR count). The van der Waals surface area contributed by atoms with Crippen LogP contribution in [0.3, 0.4) is 0 Å². The molecular formula is C30H22Br2N2O4S2. The van der Waals surface area contributed by atoms with Gasteiger partial charge in [0.2, 0.25) is 0 Å². The van der Waals surface area contributed by atoms with Crippen molar-refractivity contribution >= 4 is 70.9 Å². The number of benzene rings is 4. The summed E-state index contributed by atoms with van der Waals surface area (Å²) in [6.45, 7) is 0.850. The molecule has 1 amide bonds. The Labute approximate surface area is 254 Å². The summed E-state index contributed by atoms with van der Waals surface area (Å²) in [5.74, 6) is -0.0351. The van der Waals surface area contributed by atoms with Gasteiger partial charge in [0.05, 0.1) is 26.9 Å². The Balaban J connectivity index is 1.43. The highest BCUT2D eigenvalue weighted by Gasteiger charge is 2.33. The van der Waals surface area contributed by atoms with Crippen LogP contribution in [-0.2, 0) is 28.0 Å². The summed E-state index contributed by atoms with van der Waals surface area (Å²) in [5, 5.41) is 0.621. The van der Waals surface area contributed by atoms with Crippen molar-refractivity contribution in [2.45, 2.75) is 18.0 Å². The number of carbonyl (C=O) groups is 1. The number of aliphatic imine (C=N–C) groups is 1. The Morgan fingerprint density at radius 1 is 0.825 bits per heavy atom. The molecule has 6 nitrogen and oxygen atoms in total. The molecule has 0 saturated carbocycles. The highest BCUT2D eigenvalue weighted by molar-refractivity contribution is 9.11. The molecule has 1 aliphatic rings. The molecule has 1 fully saturated rings. The second-order valence-corrected chi connectivity index (χ2v) is 13.0. The number of amides is 1. The van der Waals surface area contributed by atoms with Gasteiger partial charge in [0.1, 0.15) is 4.90 Å². The molecule has 202 valence electrons. The number of thioether (sulfide) groups is 1. The van der Waals surface area contributed by atoms with Crippen LogP contribution < -0.4 is 4.18 Å². The number of hydrogen-bond donors (Lipinski definition) is 0. The lowest BCUT2D eigenvalue weighted by Crippen LogP contribution is -2.28. The van der Waals surface area contributed by atoms with Gasteiger partial charge in [-0.1, -0.05) is 78.9 Å². The topological polar surface area (TPSA) is 76.0 Å². The van der Waals surface area contributed by atoms with E-state index in [0.29, 0.717) is 37.7 Å². The van der Waals surface area contributed by atoms with Crippen molar-refractivity contribution in [1.82, 2.24) is 4.90 Å². The first-order valence-corrected chi connectivity index (χ1v) is 15.9. The number of nitrogens with zero attached hydrogens (tertiary/aromatic N) is 2. The molecule has 0 atom stereocenters. The summed E-state index contributed by atoms with van der Waals surface area (Å²) >= 11 is 8.18. The Hall–Kier alpha value is -3.18. The molecule has 0 aliphatic carbocycles. The van der Waals surface area contributed by atoms with Gasteiger partial charge in [-0.25, -0.2) is 0 Å². The molecule has 4 aromatic carbocycles. The molecule has 0 aromatic heterocycles. The van der Waals surface area contributed by atoms with E-state index in [-0.39, 0.29) is 16.6 Å².